The minimum absolute atomic E-state index is 0.0504. The Morgan fingerprint density at radius 3 is 2.85 bits per heavy atom. The van der Waals surface area contributed by atoms with Gasteiger partial charge in [0.1, 0.15) is 12.3 Å². The molecule has 0 saturated carbocycles. The van der Waals surface area contributed by atoms with Crippen LogP contribution in [0.15, 0.2) is 24.3 Å². The number of para-hydroxylation sites is 1. The summed E-state index contributed by atoms with van der Waals surface area (Å²) in [5, 5.41) is 0.396. The average Bonchev–Trinajstić information content (AvgIpc) is 2.09. The molecule has 0 radical (unpaired) electrons. The summed E-state index contributed by atoms with van der Waals surface area (Å²) in [6, 6.07) is 6.72. The van der Waals surface area contributed by atoms with Gasteiger partial charge in [0, 0.05) is 0 Å². The number of esters is 1. The second-order valence-corrected chi connectivity index (χ2v) is 2.69. The van der Waals surface area contributed by atoms with Gasteiger partial charge in [-0.2, -0.15) is 0 Å². The Hall–Kier alpha value is -1.10. The fourth-order valence-corrected chi connectivity index (χ4v) is 0.944. The fourth-order valence-electron chi connectivity index (χ4n) is 0.770. The maximum atomic E-state index is 10.9. The van der Waals surface area contributed by atoms with Crippen LogP contribution in [-0.2, 0) is 4.79 Å². The third kappa shape index (κ3) is 3.02. The van der Waals surface area contributed by atoms with Gasteiger partial charge in [-0.25, -0.2) is 5.43 Å². The zero-order valence-electron chi connectivity index (χ0n) is 6.79. The lowest BCUT2D eigenvalue weighted by Gasteiger charge is -2.04. The van der Waals surface area contributed by atoms with Gasteiger partial charge < -0.3 is 4.74 Å². The smallest absolute Gasteiger partial charge is 0.326 e. The highest BCUT2D eigenvalue weighted by atomic mass is 35.5. The molecular formula is C8H9ClN2O2. The minimum Gasteiger partial charge on any atom is -0.424 e. The van der Waals surface area contributed by atoms with Crippen molar-refractivity contribution < 1.29 is 9.53 Å². The van der Waals surface area contributed by atoms with Crippen molar-refractivity contribution in [2.75, 3.05) is 6.54 Å². The lowest BCUT2D eigenvalue weighted by atomic mass is 10.3. The Morgan fingerprint density at radius 1 is 1.54 bits per heavy atom. The lowest BCUT2D eigenvalue weighted by molar-refractivity contribution is -0.133. The van der Waals surface area contributed by atoms with Crippen LogP contribution in [0.1, 0.15) is 0 Å². The topological polar surface area (TPSA) is 64.3 Å². The van der Waals surface area contributed by atoms with Gasteiger partial charge in [0.25, 0.3) is 0 Å². The number of carbonyl (C=O) groups is 1. The maximum Gasteiger partial charge on any atom is 0.326 e. The summed E-state index contributed by atoms with van der Waals surface area (Å²) in [7, 11) is 0. The highest BCUT2D eigenvalue weighted by molar-refractivity contribution is 6.32. The van der Waals surface area contributed by atoms with Gasteiger partial charge in [0.15, 0.2) is 0 Å². The zero-order valence-corrected chi connectivity index (χ0v) is 7.54. The molecule has 0 amide bonds. The first-order valence-electron chi connectivity index (χ1n) is 3.62. The molecule has 0 aromatic heterocycles. The summed E-state index contributed by atoms with van der Waals surface area (Å²) in [4.78, 5) is 10.9. The Morgan fingerprint density at radius 2 is 2.23 bits per heavy atom. The summed E-state index contributed by atoms with van der Waals surface area (Å²) in [6.07, 6.45) is 0. The summed E-state index contributed by atoms with van der Waals surface area (Å²) < 4.78 is 4.87. The van der Waals surface area contributed by atoms with Gasteiger partial charge in [0.2, 0.25) is 0 Å². The van der Waals surface area contributed by atoms with Crippen LogP contribution in [0.25, 0.3) is 0 Å². The van der Waals surface area contributed by atoms with Gasteiger partial charge in [-0.1, -0.05) is 23.7 Å². The minimum atomic E-state index is -0.476. The predicted octanol–water partition coefficient (Wildman–Crippen LogP) is 0.709. The summed E-state index contributed by atoms with van der Waals surface area (Å²) in [6.45, 7) is -0.0504. The fraction of sp³-hybridized carbons (Fsp3) is 0.125. The number of ether oxygens (including phenoxy) is 1. The third-order valence-electron chi connectivity index (χ3n) is 1.31. The molecule has 0 unspecified atom stereocenters. The number of hydrazine groups is 1. The number of halogens is 1. The largest absolute Gasteiger partial charge is 0.424 e. The van der Waals surface area contributed by atoms with Crippen molar-refractivity contribution in [2.45, 2.75) is 0 Å². The van der Waals surface area contributed by atoms with E-state index in [1.165, 1.54) is 0 Å². The molecule has 0 aliphatic carbocycles. The average molecular weight is 201 g/mol. The molecule has 1 aromatic rings. The van der Waals surface area contributed by atoms with E-state index in [2.05, 4.69) is 5.43 Å². The van der Waals surface area contributed by atoms with Crippen LogP contribution in [0.4, 0.5) is 0 Å². The van der Waals surface area contributed by atoms with E-state index >= 15 is 0 Å². The molecule has 5 heteroatoms. The molecule has 0 bridgehead atoms. The van der Waals surface area contributed by atoms with Gasteiger partial charge in [-0.3, -0.25) is 10.6 Å². The molecule has 4 nitrogen and oxygen atoms in total. The Labute approximate surface area is 80.6 Å². The third-order valence-corrected chi connectivity index (χ3v) is 1.62. The van der Waals surface area contributed by atoms with Crippen LogP contribution in [0.2, 0.25) is 5.02 Å². The molecule has 0 spiro atoms. The van der Waals surface area contributed by atoms with Crippen LogP contribution >= 0.6 is 11.6 Å². The van der Waals surface area contributed by atoms with E-state index in [4.69, 9.17) is 22.2 Å². The number of hydrogen-bond acceptors (Lipinski definition) is 4. The molecular weight excluding hydrogens is 192 g/mol. The SMILES string of the molecule is NNCC(=O)Oc1ccccc1Cl. The molecule has 1 rings (SSSR count). The van der Waals surface area contributed by atoms with Crippen molar-refractivity contribution in [1.82, 2.24) is 5.43 Å². The molecule has 0 heterocycles. The second kappa shape index (κ2) is 4.81. The Balaban J connectivity index is 2.63. The molecule has 0 saturated heterocycles. The molecule has 1 aromatic carbocycles. The van der Waals surface area contributed by atoms with Gasteiger partial charge in [-0.05, 0) is 12.1 Å². The maximum absolute atomic E-state index is 10.9. The molecule has 0 aliphatic rings. The van der Waals surface area contributed by atoms with Crippen LogP contribution < -0.4 is 16.0 Å². The highest BCUT2D eigenvalue weighted by Gasteiger charge is 2.05. The second-order valence-electron chi connectivity index (χ2n) is 2.29. The number of hydrogen-bond donors (Lipinski definition) is 2. The van der Waals surface area contributed by atoms with Crippen LogP contribution in [0, 0.1) is 0 Å². The van der Waals surface area contributed by atoms with Gasteiger partial charge >= 0.3 is 5.97 Å². The van der Waals surface area contributed by atoms with E-state index < -0.39 is 5.97 Å². The van der Waals surface area contributed by atoms with Crippen molar-refractivity contribution in [3.63, 3.8) is 0 Å². The summed E-state index contributed by atoms with van der Waals surface area (Å²) in [5.41, 5.74) is 2.19. The van der Waals surface area contributed by atoms with E-state index in [1.54, 1.807) is 24.3 Å². The van der Waals surface area contributed by atoms with Crippen LogP contribution in [0.5, 0.6) is 5.75 Å². The molecule has 70 valence electrons. The van der Waals surface area contributed by atoms with E-state index in [0.29, 0.717) is 10.8 Å². The standard InChI is InChI=1S/C8H9ClN2O2/c9-6-3-1-2-4-7(6)13-8(12)5-11-10/h1-4,11H,5,10H2. The molecule has 0 aliphatic heterocycles. The zero-order chi connectivity index (χ0) is 9.68. The number of rotatable bonds is 3. The summed E-state index contributed by atoms with van der Waals surface area (Å²) >= 11 is 5.74. The highest BCUT2D eigenvalue weighted by Crippen LogP contribution is 2.22. The number of nitrogens with two attached hydrogens (primary N) is 1. The Bertz CT molecular complexity index is 304. The number of nitrogens with one attached hydrogen (secondary N) is 1. The van der Waals surface area contributed by atoms with Crippen molar-refractivity contribution in [1.29, 1.82) is 0 Å². The molecule has 13 heavy (non-hydrogen) atoms. The van der Waals surface area contributed by atoms with E-state index in [0.717, 1.165) is 0 Å². The first-order valence-corrected chi connectivity index (χ1v) is 4.00. The molecule has 0 atom stereocenters. The first kappa shape index (κ1) is 9.98. The number of benzene rings is 1. The van der Waals surface area contributed by atoms with Crippen LogP contribution in [0.3, 0.4) is 0 Å². The van der Waals surface area contributed by atoms with Crippen LogP contribution in [-0.4, -0.2) is 12.5 Å². The Kier molecular flexibility index (Phi) is 3.70. The van der Waals surface area contributed by atoms with Crippen molar-refractivity contribution in [2.24, 2.45) is 5.84 Å². The van der Waals surface area contributed by atoms with E-state index in [9.17, 15) is 4.79 Å². The predicted molar refractivity (Wildman–Crippen MR) is 49.3 cm³/mol. The first-order chi connectivity index (χ1) is 6.24. The quantitative estimate of drug-likeness (QED) is 0.327. The molecule has 3 N–H and O–H groups in total. The van der Waals surface area contributed by atoms with Gasteiger partial charge in [-0.15, -0.1) is 0 Å². The number of carbonyl (C=O) groups excluding carboxylic acids is 1. The van der Waals surface area contributed by atoms with Crippen molar-refractivity contribution >= 4 is 17.6 Å². The monoisotopic (exact) mass is 200 g/mol. The lowest BCUT2D eigenvalue weighted by Crippen LogP contribution is -2.31. The van der Waals surface area contributed by atoms with E-state index in [-0.39, 0.29) is 6.54 Å². The summed E-state index contributed by atoms with van der Waals surface area (Å²) in [5.74, 6) is 4.80. The van der Waals surface area contributed by atoms with Crippen molar-refractivity contribution in [3.8, 4) is 5.75 Å². The van der Waals surface area contributed by atoms with E-state index in [1.807, 2.05) is 0 Å². The van der Waals surface area contributed by atoms with Crippen molar-refractivity contribution in [3.05, 3.63) is 29.3 Å². The molecule has 0 fully saturated rings. The van der Waals surface area contributed by atoms with Gasteiger partial charge in [0.05, 0.1) is 5.02 Å². The normalized spacial score (nSPS) is 9.69.